The van der Waals surface area contributed by atoms with Gasteiger partial charge < -0.3 is 15.1 Å². The molecule has 0 spiro atoms. The average Bonchev–Trinajstić information content (AvgIpc) is 2.04. The number of hydrogen-bond donors (Lipinski definition) is 2. The topological polar surface area (TPSA) is 60.8 Å². The van der Waals surface area contributed by atoms with Crippen molar-refractivity contribution in [3.63, 3.8) is 0 Å². The van der Waals surface area contributed by atoms with Crippen LogP contribution < -0.4 is 0 Å². The average molecular weight is 187 g/mol. The predicted molar refractivity (Wildman–Crippen MR) is 50.3 cm³/mol. The zero-order valence-electron chi connectivity index (χ0n) is 8.32. The maximum atomic E-state index is 11.2. The van der Waals surface area contributed by atoms with Crippen LogP contribution in [-0.2, 0) is 4.79 Å². The molecule has 0 aliphatic rings. The predicted octanol–water partition coefficient (Wildman–Crippen LogP) is 0.535. The summed E-state index contributed by atoms with van der Waals surface area (Å²) in [6.07, 6.45) is 1.18. The van der Waals surface area contributed by atoms with Gasteiger partial charge in [-0.2, -0.15) is 0 Å². The Morgan fingerprint density at radius 2 is 2.08 bits per heavy atom. The first-order valence-corrected chi connectivity index (χ1v) is 4.25. The lowest BCUT2D eigenvalue weighted by Crippen LogP contribution is -2.28. The van der Waals surface area contributed by atoms with E-state index in [1.807, 2.05) is 0 Å². The second-order valence-corrected chi connectivity index (χ2v) is 3.21. The molecule has 0 rings (SSSR count). The van der Waals surface area contributed by atoms with Crippen molar-refractivity contribution in [3.05, 3.63) is 11.8 Å². The molecule has 0 aliphatic heterocycles. The molecule has 13 heavy (non-hydrogen) atoms. The minimum Gasteiger partial charge on any atom is -0.512 e. The van der Waals surface area contributed by atoms with Gasteiger partial charge in [0.1, 0.15) is 5.76 Å². The van der Waals surface area contributed by atoms with E-state index in [1.54, 1.807) is 20.9 Å². The lowest BCUT2D eigenvalue weighted by Gasteiger charge is -2.13. The van der Waals surface area contributed by atoms with Gasteiger partial charge in [-0.15, -0.1) is 0 Å². The third-order valence-electron chi connectivity index (χ3n) is 1.67. The zero-order chi connectivity index (χ0) is 10.4. The maximum absolute atomic E-state index is 11.2. The van der Waals surface area contributed by atoms with Crippen LogP contribution in [-0.4, -0.2) is 41.2 Å². The molecule has 0 saturated carbocycles. The summed E-state index contributed by atoms with van der Waals surface area (Å²) in [5.41, 5.74) is 0. The number of carbonyl (C=O) groups excluding carboxylic acids is 1. The van der Waals surface area contributed by atoms with Gasteiger partial charge in [0.05, 0.1) is 6.61 Å². The fourth-order valence-electron chi connectivity index (χ4n) is 0.664. The summed E-state index contributed by atoms with van der Waals surface area (Å²) in [5.74, 6) is -0.276. The second-order valence-electron chi connectivity index (χ2n) is 3.21. The van der Waals surface area contributed by atoms with Crippen LogP contribution in [0.5, 0.6) is 0 Å². The minimum atomic E-state index is -0.291. The highest BCUT2D eigenvalue weighted by Gasteiger charge is 2.07. The van der Waals surface area contributed by atoms with Crippen LogP contribution in [0.2, 0.25) is 0 Å². The SMILES string of the molecule is CC(C)C(O)=CC(=O)N(C)CCO. The summed E-state index contributed by atoms with van der Waals surface area (Å²) in [4.78, 5) is 12.6. The van der Waals surface area contributed by atoms with E-state index in [-0.39, 0.29) is 30.7 Å². The molecule has 0 saturated heterocycles. The molecule has 4 heteroatoms. The van der Waals surface area contributed by atoms with Crippen LogP contribution in [0.4, 0.5) is 0 Å². The van der Waals surface area contributed by atoms with Gasteiger partial charge in [-0.05, 0) is 0 Å². The Morgan fingerprint density at radius 1 is 1.54 bits per heavy atom. The standard InChI is InChI=1S/C9H17NO3/c1-7(2)8(12)6-9(13)10(3)4-5-11/h6-7,11-12H,4-5H2,1-3H3. The third kappa shape index (κ3) is 4.52. The Hall–Kier alpha value is -1.03. The van der Waals surface area contributed by atoms with Crippen LogP contribution in [0.15, 0.2) is 11.8 Å². The molecule has 0 aromatic carbocycles. The van der Waals surface area contributed by atoms with Crippen molar-refractivity contribution in [2.24, 2.45) is 5.92 Å². The van der Waals surface area contributed by atoms with E-state index >= 15 is 0 Å². The van der Waals surface area contributed by atoms with E-state index in [2.05, 4.69) is 0 Å². The molecular weight excluding hydrogens is 170 g/mol. The molecule has 0 bridgehead atoms. The van der Waals surface area contributed by atoms with E-state index in [0.29, 0.717) is 0 Å². The molecule has 0 aliphatic carbocycles. The van der Waals surface area contributed by atoms with E-state index in [1.165, 1.54) is 11.0 Å². The number of rotatable bonds is 4. The molecule has 0 aromatic heterocycles. The number of aliphatic hydroxyl groups excluding tert-OH is 2. The summed E-state index contributed by atoms with van der Waals surface area (Å²) < 4.78 is 0. The number of carbonyl (C=O) groups is 1. The van der Waals surface area contributed by atoms with Crippen LogP contribution >= 0.6 is 0 Å². The fraction of sp³-hybridized carbons (Fsp3) is 0.667. The maximum Gasteiger partial charge on any atom is 0.249 e. The van der Waals surface area contributed by atoms with E-state index < -0.39 is 0 Å². The summed E-state index contributed by atoms with van der Waals surface area (Å²) in [5, 5.41) is 17.8. The minimum absolute atomic E-state index is 0.0496. The highest BCUT2D eigenvalue weighted by Crippen LogP contribution is 2.05. The molecular formula is C9H17NO3. The number of likely N-dealkylation sites (N-methyl/N-ethyl adjacent to an activating group) is 1. The first-order valence-electron chi connectivity index (χ1n) is 4.25. The van der Waals surface area contributed by atoms with Crippen molar-refractivity contribution < 1.29 is 15.0 Å². The highest BCUT2D eigenvalue weighted by atomic mass is 16.3. The normalized spacial score (nSPS) is 11.9. The van der Waals surface area contributed by atoms with Crippen LogP contribution in [0.3, 0.4) is 0 Å². The molecule has 0 aromatic rings. The smallest absolute Gasteiger partial charge is 0.249 e. The van der Waals surface area contributed by atoms with Gasteiger partial charge in [0.15, 0.2) is 0 Å². The number of nitrogens with zero attached hydrogens (tertiary/aromatic N) is 1. The van der Waals surface area contributed by atoms with Gasteiger partial charge in [0, 0.05) is 25.6 Å². The lowest BCUT2D eigenvalue weighted by molar-refractivity contribution is -0.125. The summed E-state index contributed by atoms with van der Waals surface area (Å²) >= 11 is 0. The van der Waals surface area contributed by atoms with Crippen molar-refractivity contribution in [1.82, 2.24) is 4.90 Å². The molecule has 0 fully saturated rings. The molecule has 4 nitrogen and oxygen atoms in total. The zero-order valence-corrected chi connectivity index (χ0v) is 8.32. The number of aliphatic hydroxyl groups is 2. The van der Waals surface area contributed by atoms with Crippen LogP contribution in [0.25, 0.3) is 0 Å². The Balaban J connectivity index is 4.20. The summed E-state index contributed by atoms with van der Waals surface area (Å²) in [6.45, 7) is 3.80. The van der Waals surface area contributed by atoms with E-state index in [4.69, 9.17) is 5.11 Å². The lowest BCUT2D eigenvalue weighted by atomic mass is 10.1. The van der Waals surface area contributed by atoms with Gasteiger partial charge in [-0.1, -0.05) is 13.8 Å². The van der Waals surface area contributed by atoms with Crippen molar-refractivity contribution in [2.45, 2.75) is 13.8 Å². The highest BCUT2D eigenvalue weighted by molar-refractivity contribution is 5.87. The molecule has 1 amide bonds. The van der Waals surface area contributed by atoms with Gasteiger partial charge in [0.2, 0.25) is 5.91 Å². The van der Waals surface area contributed by atoms with E-state index in [0.717, 1.165) is 0 Å². The first-order chi connectivity index (χ1) is 5.99. The Kier molecular flexibility index (Phi) is 5.14. The fourth-order valence-corrected chi connectivity index (χ4v) is 0.664. The van der Waals surface area contributed by atoms with Gasteiger partial charge in [-0.3, -0.25) is 4.79 Å². The molecule has 0 heterocycles. The van der Waals surface area contributed by atoms with Gasteiger partial charge >= 0.3 is 0 Å². The number of amides is 1. The third-order valence-corrected chi connectivity index (χ3v) is 1.67. The summed E-state index contributed by atoms with van der Waals surface area (Å²) in [7, 11) is 1.57. The number of hydrogen-bond acceptors (Lipinski definition) is 3. The monoisotopic (exact) mass is 187 g/mol. The van der Waals surface area contributed by atoms with E-state index in [9.17, 15) is 9.90 Å². The Morgan fingerprint density at radius 3 is 2.46 bits per heavy atom. The quantitative estimate of drug-likeness (QED) is 0.498. The van der Waals surface area contributed by atoms with Crippen LogP contribution in [0, 0.1) is 5.92 Å². The second kappa shape index (κ2) is 5.59. The first kappa shape index (κ1) is 12.0. The van der Waals surface area contributed by atoms with Crippen molar-refractivity contribution in [1.29, 1.82) is 0 Å². The van der Waals surface area contributed by atoms with Gasteiger partial charge in [-0.25, -0.2) is 0 Å². The van der Waals surface area contributed by atoms with Crippen LogP contribution in [0.1, 0.15) is 13.8 Å². The summed E-state index contributed by atoms with van der Waals surface area (Å²) in [6, 6.07) is 0. The molecule has 76 valence electrons. The van der Waals surface area contributed by atoms with Crippen molar-refractivity contribution in [3.8, 4) is 0 Å². The number of allylic oxidation sites excluding steroid dienone is 1. The van der Waals surface area contributed by atoms with Crippen molar-refractivity contribution in [2.75, 3.05) is 20.2 Å². The molecule has 0 unspecified atom stereocenters. The van der Waals surface area contributed by atoms with Crippen molar-refractivity contribution >= 4 is 5.91 Å². The Bertz CT molecular complexity index is 199. The van der Waals surface area contributed by atoms with Gasteiger partial charge in [0.25, 0.3) is 0 Å². The Labute approximate surface area is 78.5 Å². The molecule has 0 atom stereocenters. The molecule has 0 radical (unpaired) electrons. The molecule has 2 N–H and O–H groups in total. The largest absolute Gasteiger partial charge is 0.512 e.